The fraction of sp³-hybridized carbons (Fsp3) is 0.714. The molecule has 2 fully saturated rings. The van der Waals surface area contributed by atoms with Gasteiger partial charge in [0, 0.05) is 0 Å². The van der Waals surface area contributed by atoms with Crippen LogP contribution < -0.4 is 0 Å². The Balaban J connectivity index is 1.56. The number of unbranched alkanes of at least 4 members (excludes halogenated alkanes) is 2. The van der Waals surface area contributed by atoms with Crippen LogP contribution in [0.15, 0.2) is 24.3 Å². The number of hydrogen-bond acceptors (Lipinski definition) is 1. The second-order valence-corrected chi connectivity index (χ2v) is 7.70. The Kier molecular flexibility index (Phi) is 5.57. The Bertz CT molecular complexity index is 449. The van der Waals surface area contributed by atoms with Gasteiger partial charge in [-0.1, -0.05) is 44.0 Å². The second kappa shape index (κ2) is 7.64. The van der Waals surface area contributed by atoms with Gasteiger partial charge in [0.05, 0.1) is 6.10 Å². The lowest BCUT2D eigenvalue weighted by Gasteiger charge is -2.41. The van der Waals surface area contributed by atoms with Crippen molar-refractivity contribution >= 4 is 0 Å². The normalized spacial score (nSPS) is 31.7. The minimum absolute atomic E-state index is 0.0137. The van der Waals surface area contributed by atoms with E-state index in [2.05, 4.69) is 31.2 Å². The first-order chi connectivity index (χ1) is 10.8. The molecule has 0 bridgehead atoms. The smallest absolute Gasteiger partial charge is 0.0543 e. The highest BCUT2D eigenvalue weighted by molar-refractivity contribution is 5.26. The van der Waals surface area contributed by atoms with Crippen LogP contribution in [0.25, 0.3) is 0 Å². The topological polar surface area (TPSA) is 20.2 Å². The molecule has 2 aliphatic carbocycles. The van der Waals surface area contributed by atoms with Crippen molar-refractivity contribution in [3.63, 3.8) is 0 Å². The van der Waals surface area contributed by atoms with E-state index in [9.17, 15) is 5.11 Å². The number of aliphatic hydroxyl groups excluding tert-OH is 1. The number of hydrogen-bond donors (Lipinski definition) is 1. The zero-order valence-electron chi connectivity index (χ0n) is 14.1. The van der Waals surface area contributed by atoms with Crippen molar-refractivity contribution < 1.29 is 5.11 Å². The largest absolute Gasteiger partial charge is 0.393 e. The minimum Gasteiger partial charge on any atom is -0.393 e. The summed E-state index contributed by atoms with van der Waals surface area (Å²) in [5, 5.41) is 9.85. The van der Waals surface area contributed by atoms with Gasteiger partial charge in [0.1, 0.15) is 0 Å². The minimum atomic E-state index is -0.0137. The summed E-state index contributed by atoms with van der Waals surface area (Å²) in [5.74, 6) is 2.43. The average molecular weight is 300 g/mol. The van der Waals surface area contributed by atoms with E-state index in [0.29, 0.717) is 0 Å². The molecule has 0 spiro atoms. The highest BCUT2D eigenvalue weighted by Crippen LogP contribution is 2.46. The summed E-state index contributed by atoms with van der Waals surface area (Å²) in [4.78, 5) is 0. The number of rotatable bonds is 5. The van der Waals surface area contributed by atoms with E-state index in [1.165, 1.54) is 56.9 Å². The average Bonchev–Trinajstić information content (AvgIpc) is 2.55. The summed E-state index contributed by atoms with van der Waals surface area (Å²) in [6.07, 6.45) is 12.5. The standard InChI is InChI=1S/C21H32O/c1-2-3-4-5-16-6-8-17(9-7-16)18-10-11-20-15-21(22)13-12-19(20)14-18/h6-9,18-22H,2-5,10-15H2,1H3/t18-,19-,20+,21+/m1/s1. The first-order valence-corrected chi connectivity index (χ1v) is 9.53. The zero-order valence-corrected chi connectivity index (χ0v) is 14.1. The van der Waals surface area contributed by atoms with Crippen LogP contribution in [-0.4, -0.2) is 11.2 Å². The van der Waals surface area contributed by atoms with E-state index < -0.39 is 0 Å². The molecule has 3 rings (SSSR count). The van der Waals surface area contributed by atoms with Gasteiger partial charge in [0.2, 0.25) is 0 Å². The lowest BCUT2D eigenvalue weighted by atomic mass is 9.65. The van der Waals surface area contributed by atoms with Crippen LogP contribution in [0.2, 0.25) is 0 Å². The van der Waals surface area contributed by atoms with Gasteiger partial charge in [-0.3, -0.25) is 0 Å². The maximum Gasteiger partial charge on any atom is 0.0543 e. The molecule has 0 saturated heterocycles. The van der Waals surface area contributed by atoms with Crippen molar-refractivity contribution in [3.05, 3.63) is 35.4 Å². The lowest BCUT2D eigenvalue weighted by molar-refractivity contribution is 0.0442. The molecule has 1 aromatic carbocycles. The van der Waals surface area contributed by atoms with Crippen LogP contribution in [0.5, 0.6) is 0 Å². The van der Waals surface area contributed by atoms with Crippen LogP contribution in [0.3, 0.4) is 0 Å². The molecule has 0 unspecified atom stereocenters. The molecule has 1 aromatic rings. The molecule has 0 radical (unpaired) electrons. The van der Waals surface area contributed by atoms with Crippen molar-refractivity contribution in [2.75, 3.05) is 0 Å². The van der Waals surface area contributed by atoms with Gasteiger partial charge < -0.3 is 5.11 Å². The van der Waals surface area contributed by atoms with Gasteiger partial charge in [-0.05, 0) is 80.2 Å². The summed E-state index contributed by atoms with van der Waals surface area (Å²) >= 11 is 0. The van der Waals surface area contributed by atoms with Gasteiger partial charge in [0.15, 0.2) is 0 Å². The van der Waals surface area contributed by atoms with E-state index >= 15 is 0 Å². The molecule has 1 heteroatoms. The van der Waals surface area contributed by atoms with Gasteiger partial charge >= 0.3 is 0 Å². The summed E-state index contributed by atoms with van der Waals surface area (Å²) < 4.78 is 0. The number of benzene rings is 1. The quantitative estimate of drug-likeness (QED) is 0.715. The number of fused-ring (bicyclic) bond motifs is 1. The molecule has 22 heavy (non-hydrogen) atoms. The maximum atomic E-state index is 9.85. The third-order valence-electron chi connectivity index (χ3n) is 6.11. The van der Waals surface area contributed by atoms with Gasteiger partial charge in [0.25, 0.3) is 0 Å². The molecule has 122 valence electrons. The van der Waals surface area contributed by atoms with Crippen LogP contribution in [-0.2, 0) is 6.42 Å². The van der Waals surface area contributed by atoms with Gasteiger partial charge in [-0.25, -0.2) is 0 Å². The molecular formula is C21H32O. The lowest BCUT2D eigenvalue weighted by Crippen LogP contribution is -2.32. The third kappa shape index (κ3) is 3.93. The van der Waals surface area contributed by atoms with Crippen LogP contribution in [0.1, 0.15) is 81.8 Å². The Hall–Kier alpha value is -0.820. The molecule has 2 saturated carbocycles. The molecule has 2 aliphatic rings. The van der Waals surface area contributed by atoms with E-state index in [1.54, 1.807) is 5.56 Å². The first kappa shape index (κ1) is 16.1. The zero-order chi connectivity index (χ0) is 15.4. The maximum absolute atomic E-state index is 9.85. The summed E-state index contributed by atoms with van der Waals surface area (Å²) in [6, 6.07) is 9.51. The molecule has 0 aliphatic heterocycles. The highest BCUT2D eigenvalue weighted by atomic mass is 16.3. The highest BCUT2D eigenvalue weighted by Gasteiger charge is 2.35. The Labute approximate surface area is 136 Å². The van der Waals surface area contributed by atoms with E-state index in [0.717, 1.165) is 30.6 Å². The molecular weight excluding hydrogens is 268 g/mol. The van der Waals surface area contributed by atoms with Crippen LogP contribution in [0.4, 0.5) is 0 Å². The second-order valence-electron chi connectivity index (χ2n) is 7.70. The Morgan fingerprint density at radius 1 is 0.909 bits per heavy atom. The number of aryl methyl sites for hydroxylation is 1. The molecule has 1 N–H and O–H groups in total. The predicted octanol–water partition coefficient (Wildman–Crippen LogP) is 5.46. The molecule has 1 nitrogen and oxygen atoms in total. The van der Waals surface area contributed by atoms with Crippen molar-refractivity contribution in [2.24, 2.45) is 11.8 Å². The summed E-state index contributed by atoms with van der Waals surface area (Å²) in [6.45, 7) is 2.27. The Morgan fingerprint density at radius 2 is 1.64 bits per heavy atom. The molecule has 0 amide bonds. The van der Waals surface area contributed by atoms with E-state index in [4.69, 9.17) is 0 Å². The van der Waals surface area contributed by atoms with E-state index in [1.807, 2.05) is 0 Å². The predicted molar refractivity (Wildman–Crippen MR) is 93.1 cm³/mol. The third-order valence-corrected chi connectivity index (χ3v) is 6.11. The summed E-state index contributed by atoms with van der Waals surface area (Å²) in [5.41, 5.74) is 3.07. The van der Waals surface area contributed by atoms with Gasteiger partial charge in [-0.2, -0.15) is 0 Å². The van der Waals surface area contributed by atoms with E-state index in [-0.39, 0.29) is 6.10 Å². The monoisotopic (exact) mass is 300 g/mol. The fourth-order valence-electron chi connectivity index (χ4n) is 4.70. The van der Waals surface area contributed by atoms with Crippen molar-refractivity contribution in [2.45, 2.75) is 83.2 Å². The SMILES string of the molecule is CCCCCc1ccc([C@@H]2CC[C@H]3C[C@@H](O)CC[C@@H]3C2)cc1. The molecule has 0 heterocycles. The molecule has 0 aromatic heterocycles. The molecule has 4 atom stereocenters. The summed E-state index contributed by atoms with van der Waals surface area (Å²) in [7, 11) is 0. The van der Waals surface area contributed by atoms with Crippen molar-refractivity contribution in [1.82, 2.24) is 0 Å². The van der Waals surface area contributed by atoms with Gasteiger partial charge in [-0.15, -0.1) is 0 Å². The Morgan fingerprint density at radius 3 is 2.41 bits per heavy atom. The van der Waals surface area contributed by atoms with Crippen molar-refractivity contribution in [1.29, 1.82) is 0 Å². The fourth-order valence-corrected chi connectivity index (χ4v) is 4.70. The van der Waals surface area contributed by atoms with Crippen LogP contribution >= 0.6 is 0 Å². The number of aliphatic hydroxyl groups is 1. The van der Waals surface area contributed by atoms with Crippen molar-refractivity contribution in [3.8, 4) is 0 Å². The first-order valence-electron chi connectivity index (χ1n) is 9.53. The van der Waals surface area contributed by atoms with Crippen LogP contribution in [0, 0.1) is 11.8 Å².